The highest BCUT2D eigenvalue weighted by Gasteiger charge is 2.42. The topological polar surface area (TPSA) is 42.3 Å². The van der Waals surface area contributed by atoms with Gasteiger partial charge < -0.3 is 19.5 Å². The second kappa shape index (κ2) is 8.43. The summed E-state index contributed by atoms with van der Waals surface area (Å²) in [7, 11) is 1.65. The van der Waals surface area contributed by atoms with Gasteiger partial charge in [0.1, 0.15) is 17.6 Å². The molecule has 2 unspecified atom stereocenters. The third-order valence-corrected chi connectivity index (χ3v) is 5.93. The Morgan fingerprint density at radius 1 is 0.969 bits per heavy atom. The number of rotatable bonds is 5. The summed E-state index contributed by atoms with van der Waals surface area (Å²) in [6, 6.07) is 23.8. The fraction of sp³-hybridized carbons (Fsp3) is 0.120. The van der Waals surface area contributed by atoms with Crippen molar-refractivity contribution in [2.45, 2.75) is 12.1 Å². The Labute approximate surface area is 191 Å². The Bertz CT molecular complexity index is 1240. The van der Waals surface area contributed by atoms with Crippen molar-refractivity contribution >= 4 is 23.0 Å². The molecular weight excluding hydrogens is 423 g/mol. The monoisotopic (exact) mass is 444 g/mol. The smallest absolute Gasteiger partial charge is 0.174 e. The summed E-state index contributed by atoms with van der Waals surface area (Å²) in [5.74, 6) is 0.481. The minimum atomic E-state index is -0.268. The van der Waals surface area contributed by atoms with Gasteiger partial charge in [0, 0.05) is 35.5 Å². The predicted molar refractivity (Wildman–Crippen MR) is 127 cm³/mol. The average Bonchev–Trinajstić information content (AvgIpc) is 3.44. The zero-order valence-corrected chi connectivity index (χ0v) is 18.2. The van der Waals surface area contributed by atoms with Gasteiger partial charge >= 0.3 is 0 Å². The van der Waals surface area contributed by atoms with Crippen LogP contribution < -0.4 is 15.0 Å². The van der Waals surface area contributed by atoms with Gasteiger partial charge in [-0.1, -0.05) is 12.1 Å². The molecule has 4 aromatic rings. The molecule has 1 N–H and O–H groups in total. The molecule has 5 nitrogen and oxygen atoms in total. The van der Waals surface area contributed by atoms with Crippen LogP contribution in [-0.2, 0) is 0 Å². The molecule has 32 heavy (non-hydrogen) atoms. The lowest BCUT2D eigenvalue weighted by atomic mass is 10.0. The maximum atomic E-state index is 13.6. The highest BCUT2D eigenvalue weighted by atomic mass is 32.1. The van der Waals surface area contributed by atoms with Crippen molar-refractivity contribution in [1.29, 1.82) is 0 Å². The number of nitrogens with one attached hydrogen (secondary N) is 1. The third-order valence-electron chi connectivity index (χ3n) is 5.62. The molecule has 1 fully saturated rings. The van der Waals surface area contributed by atoms with Crippen LogP contribution in [0.25, 0.3) is 5.69 Å². The summed E-state index contributed by atoms with van der Waals surface area (Å²) in [5, 5.41) is 4.07. The van der Waals surface area contributed by atoms with Crippen molar-refractivity contribution in [2.75, 3.05) is 12.0 Å². The Kier molecular flexibility index (Phi) is 5.33. The van der Waals surface area contributed by atoms with Crippen molar-refractivity contribution in [3.8, 4) is 11.4 Å². The molecule has 160 valence electrons. The van der Waals surface area contributed by atoms with Gasteiger partial charge in [-0.05, 0) is 72.9 Å². The number of thiocarbonyl (C=S) groups is 1. The fourth-order valence-corrected chi connectivity index (χ4v) is 4.51. The van der Waals surface area contributed by atoms with Gasteiger partial charge in [-0.2, -0.15) is 0 Å². The zero-order chi connectivity index (χ0) is 22.1. The van der Waals surface area contributed by atoms with Crippen LogP contribution in [-0.4, -0.2) is 21.8 Å². The van der Waals surface area contributed by atoms with Gasteiger partial charge in [0.2, 0.25) is 0 Å². The predicted octanol–water partition coefficient (Wildman–Crippen LogP) is 5.20. The number of benzene rings is 2. The Morgan fingerprint density at radius 3 is 2.56 bits per heavy atom. The molecule has 2 aromatic heterocycles. The van der Waals surface area contributed by atoms with Crippen molar-refractivity contribution in [2.24, 2.45) is 0 Å². The normalized spacial score (nSPS) is 17.9. The molecule has 0 bridgehead atoms. The number of aromatic nitrogens is 2. The lowest BCUT2D eigenvalue weighted by Crippen LogP contribution is -2.30. The summed E-state index contributed by atoms with van der Waals surface area (Å²) in [5.41, 5.74) is 3.67. The fourth-order valence-electron chi connectivity index (χ4n) is 4.17. The first-order valence-corrected chi connectivity index (χ1v) is 10.6. The number of halogens is 1. The first-order chi connectivity index (χ1) is 15.7. The summed E-state index contributed by atoms with van der Waals surface area (Å²) in [6.45, 7) is 0. The lowest BCUT2D eigenvalue weighted by Gasteiger charge is -2.29. The second-order valence-electron chi connectivity index (χ2n) is 7.48. The van der Waals surface area contributed by atoms with E-state index < -0.39 is 0 Å². The van der Waals surface area contributed by atoms with E-state index in [0.717, 1.165) is 28.5 Å². The molecule has 1 aliphatic rings. The molecule has 0 amide bonds. The number of pyridine rings is 1. The van der Waals surface area contributed by atoms with Crippen LogP contribution in [0.4, 0.5) is 10.1 Å². The van der Waals surface area contributed by atoms with Crippen molar-refractivity contribution in [3.63, 3.8) is 0 Å². The highest BCUT2D eigenvalue weighted by Crippen LogP contribution is 2.42. The van der Waals surface area contributed by atoms with Gasteiger partial charge in [0.05, 0.1) is 18.8 Å². The summed E-state index contributed by atoms with van der Waals surface area (Å²) >= 11 is 5.79. The van der Waals surface area contributed by atoms with Crippen molar-refractivity contribution in [3.05, 3.63) is 108 Å². The largest absolute Gasteiger partial charge is 0.497 e. The van der Waals surface area contributed by atoms with Gasteiger partial charge in [0.25, 0.3) is 0 Å². The van der Waals surface area contributed by atoms with E-state index in [9.17, 15) is 4.39 Å². The number of anilines is 1. The van der Waals surface area contributed by atoms with Crippen LogP contribution in [0.3, 0.4) is 0 Å². The van der Waals surface area contributed by atoms with Gasteiger partial charge in [-0.25, -0.2) is 4.39 Å². The van der Waals surface area contributed by atoms with E-state index in [2.05, 4.69) is 25.8 Å². The standard InChI is InChI=1S/C25H21FN4OS/c1-31-20-7-4-6-19(16-20)30-24(23(28-25(30)32)21-8-2-3-14-27-21)22-9-5-15-29(22)18-12-10-17(26)11-13-18/h2-16,23-24H,1H3,(H,28,32). The van der Waals surface area contributed by atoms with Gasteiger partial charge in [0.15, 0.2) is 5.11 Å². The quantitative estimate of drug-likeness (QED) is 0.429. The number of ether oxygens (including phenoxy) is 1. The Balaban J connectivity index is 1.66. The van der Waals surface area contributed by atoms with Crippen LogP contribution in [0.2, 0.25) is 0 Å². The van der Waals surface area contributed by atoms with E-state index in [0.29, 0.717) is 5.11 Å². The molecule has 0 saturated carbocycles. The number of hydrogen-bond acceptors (Lipinski definition) is 3. The number of hydrogen-bond donors (Lipinski definition) is 1. The first kappa shape index (κ1) is 20.2. The second-order valence-corrected chi connectivity index (χ2v) is 7.86. The van der Waals surface area contributed by atoms with Crippen LogP contribution >= 0.6 is 12.2 Å². The van der Waals surface area contributed by atoms with E-state index in [1.54, 1.807) is 25.4 Å². The first-order valence-electron chi connectivity index (χ1n) is 10.2. The van der Waals surface area contributed by atoms with E-state index >= 15 is 0 Å². The molecule has 0 aliphatic carbocycles. The number of methoxy groups -OCH3 is 1. The van der Waals surface area contributed by atoms with Gasteiger partial charge in [-0.3, -0.25) is 4.98 Å². The molecule has 5 rings (SSSR count). The van der Waals surface area contributed by atoms with E-state index in [-0.39, 0.29) is 17.9 Å². The van der Waals surface area contributed by atoms with E-state index in [4.69, 9.17) is 17.0 Å². The van der Waals surface area contributed by atoms with Crippen LogP contribution in [0, 0.1) is 5.82 Å². The van der Waals surface area contributed by atoms with Crippen LogP contribution in [0.5, 0.6) is 5.75 Å². The molecule has 7 heteroatoms. The maximum absolute atomic E-state index is 13.6. The minimum Gasteiger partial charge on any atom is -0.497 e. The molecule has 1 saturated heterocycles. The molecule has 3 heterocycles. The maximum Gasteiger partial charge on any atom is 0.174 e. The summed E-state index contributed by atoms with van der Waals surface area (Å²) in [6.07, 6.45) is 3.76. The van der Waals surface area contributed by atoms with Crippen LogP contribution in [0.1, 0.15) is 23.5 Å². The highest BCUT2D eigenvalue weighted by molar-refractivity contribution is 7.80. The summed E-state index contributed by atoms with van der Waals surface area (Å²) in [4.78, 5) is 6.69. The lowest BCUT2D eigenvalue weighted by molar-refractivity contribution is 0.414. The Hall–Kier alpha value is -3.71. The third kappa shape index (κ3) is 3.61. The van der Waals surface area contributed by atoms with E-state index in [1.165, 1.54) is 12.1 Å². The minimum absolute atomic E-state index is 0.177. The van der Waals surface area contributed by atoms with Crippen molar-refractivity contribution < 1.29 is 9.13 Å². The SMILES string of the molecule is COc1cccc(N2C(=S)NC(c3ccccn3)C2c2cccn2-c2ccc(F)cc2)c1. The molecular formula is C25H21FN4OS. The van der Waals surface area contributed by atoms with Crippen molar-refractivity contribution in [1.82, 2.24) is 14.9 Å². The molecule has 0 spiro atoms. The zero-order valence-electron chi connectivity index (χ0n) is 17.4. The molecule has 2 atom stereocenters. The Morgan fingerprint density at radius 2 is 1.81 bits per heavy atom. The van der Waals surface area contributed by atoms with Gasteiger partial charge in [-0.15, -0.1) is 0 Å². The molecule has 2 aromatic carbocycles. The molecule has 0 radical (unpaired) electrons. The number of nitrogens with zero attached hydrogens (tertiary/aromatic N) is 3. The summed E-state index contributed by atoms with van der Waals surface area (Å²) < 4.78 is 21.1. The van der Waals surface area contributed by atoms with E-state index in [1.807, 2.05) is 54.7 Å². The average molecular weight is 445 g/mol. The van der Waals surface area contributed by atoms with Crippen LogP contribution in [0.15, 0.2) is 91.3 Å². The molecule has 1 aliphatic heterocycles.